The Hall–Kier alpha value is -3.20. The standard InChI is InChI=1S/C24H21N3OS.C2H6/c1-26-29-20-10-7-16(8-11-20)24-22(15-25)21-14-18(9-12-23(21)27(24)2)17-5-4-6-19(13-17)28-3;1-2/h4-14,26H,1-3H3;1-2H3. The van der Waals surface area contributed by atoms with E-state index in [-0.39, 0.29) is 0 Å². The molecule has 0 fully saturated rings. The summed E-state index contributed by atoms with van der Waals surface area (Å²) in [7, 11) is 5.58. The molecule has 0 amide bonds. The van der Waals surface area contributed by atoms with Gasteiger partial charge in [-0.25, -0.2) is 0 Å². The molecule has 31 heavy (non-hydrogen) atoms. The van der Waals surface area contributed by atoms with Crippen molar-refractivity contribution >= 4 is 22.9 Å². The zero-order valence-corrected chi connectivity index (χ0v) is 19.4. The van der Waals surface area contributed by atoms with E-state index >= 15 is 0 Å². The average molecular weight is 430 g/mol. The number of hydrogen-bond acceptors (Lipinski definition) is 4. The van der Waals surface area contributed by atoms with E-state index in [2.05, 4.69) is 63.9 Å². The lowest BCUT2D eigenvalue weighted by atomic mass is 10.0. The van der Waals surface area contributed by atoms with Crippen LogP contribution in [0.4, 0.5) is 0 Å². The monoisotopic (exact) mass is 429 g/mol. The van der Waals surface area contributed by atoms with Crippen LogP contribution in [-0.4, -0.2) is 18.7 Å². The van der Waals surface area contributed by atoms with E-state index in [1.807, 2.05) is 46.1 Å². The molecule has 0 unspecified atom stereocenters. The molecule has 158 valence electrons. The van der Waals surface area contributed by atoms with Crippen LogP contribution in [0.15, 0.2) is 71.6 Å². The number of aromatic nitrogens is 1. The average Bonchev–Trinajstić information content (AvgIpc) is 3.12. The fourth-order valence-corrected chi connectivity index (χ4v) is 4.18. The predicted octanol–water partition coefficient (Wildman–Crippen LogP) is 6.65. The molecule has 1 heterocycles. The van der Waals surface area contributed by atoms with Gasteiger partial charge >= 0.3 is 0 Å². The highest BCUT2D eigenvalue weighted by molar-refractivity contribution is 7.97. The largest absolute Gasteiger partial charge is 0.497 e. The molecule has 0 saturated heterocycles. The number of hydrogen-bond donors (Lipinski definition) is 1. The molecule has 4 rings (SSSR count). The van der Waals surface area contributed by atoms with Gasteiger partial charge in [0.1, 0.15) is 11.8 Å². The molecule has 1 aromatic heterocycles. The van der Waals surface area contributed by atoms with Crippen LogP contribution in [-0.2, 0) is 7.05 Å². The van der Waals surface area contributed by atoms with E-state index in [4.69, 9.17) is 4.74 Å². The number of nitrogens with one attached hydrogen (secondary N) is 1. The van der Waals surface area contributed by atoms with Crippen LogP contribution >= 0.6 is 11.9 Å². The Balaban J connectivity index is 0.00000132. The van der Waals surface area contributed by atoms with Gasteiger partial charge in [-0.05, 0) is 72.1 Å². The number of methoxy groups -OCH3 is 1. The van der Waals surface area contributed by atoms with E-state index in [0.717, 1.165) is 43.9 Å². The van der Waals surface area contributed by atoms with Crippen LogP contribution in [0.5, 0.6) is 5.75 Å². The zero-order valence-electron chi connectivity index (χ0n) is 18.6. The molecule has 0 aliphatic heterocycles. The molecule has 4 aromatic rings. The highest BCUT2D eigenvalue weighted by Crippen LogP contribution is 2.36. The third-order valence-corrected chi connectivity index (χ3v) is 5.77. The second-order valence-corrected chi connectivity index (χ2v) is 7.77. The molecule has 0 saturated carbocycles. The summed E-state index contributed by atoms with van der Waals surface area (Å²) in [6.07, 6.45) is 0. The van der Waals surface area contributed by atoms with Gasteiger partial charge in [-0.15, -0.1) is 0 Å². The van der Waals surface area contributed by atoms with Crippen LogP contribution in [0.2, 0.25) is 0 Å². The van der Waals surface area contributed by atoms with Gasteiger partial charge in [0.15, 0.2) is 0 Å². The number of aryl methyl sites for hydroxylation is 1. The van der Waals surface area contributed by atoms with Gasteiger partial charge in [0.25, 0.3) is 0 Å². The second-order valence-electron chi connectivity index (χ2n) is 6.69. The summed E-state index contributed by atoms with van der Waals surface area (Å²) in [5.41, 5.74) is 5.83. The van der Waals surface area contributed by atoms with Gasteiger partial charge in [0.2, 0.25) is 0 Å². The Morgan fingerprint density at radius 1 is 0.935 bits per heavy atom. The summed E-state index contributed by atoms with van der Waals surface area (Å²) in [5.74, 6) is 0.816. The van der Waals surface area contributed by atoms with Crippen molar-refractivity contribution in [2.45, 2.75) is 18.7 Å². The van der Waals surface area contributed by atoms with Crippen LogP contribution < -0.4 is 9.46 Å². The Labute approximate surface area is 188 Å². The van der Waals surface area contributed by atoms with Crippen LogP contribution in [0, 0.1) is 11.3 Å². The summed E-state index contributed by atoms with van der Waals surface area (Å²) in [5, 5.41) is 10.9. The minimum atomic E-state index is 0.696. The molecule has 0 atom stereocenters. The van der Waals surface area contributed by atoms with Crippen LogP contribution in [0.1, 0.15) is 19.4 Å². The Morgan fingerprint density at radius 3 is 2.26 bits per heavy atom. The molecule has 0 spiro atoms. The predicted molar refractivity (Wildman–Crippen MR) is 131 cm³/mol. The summed E-state index contributed by atoms with van der Waals surface area (Å²) >= 11 is 1.57. The summed E-state index contributed by atoms with van der Waals surface area (Å²) in [4.78, 5) is 1.13. The molecule has 0 aliphatic rings. The number of nitriles is 1. The van der Waals surface area contributed by atoms with Gasteiger partial charge in [-0.3, -0.25) is 4.72 Å². The van der Waals surface area contributed by atoms with E-state index in [0.29, 0.717) is 5.56 Å². The first-order valence-corrected chi connectivity index (χ1v) is 11.1. The summed E-state index contributed by atoms with van der Waals surface area (Å²) in [6, 6.07) is 24.9. The Bertz CT molecular complexity index is 1220. The smallest absolute Gasteiger partial charge is 0.119 e. The lowest BCUT2D eigenvalue weighted by Gasteiger charge is -2.07. The number of nitrogens with zero attached hydrogens (tertiary/aromatic N) is 2. The third-order valence-electron chi connectivity index (χ3n) is 5.06. The molecule has 0 radical (unpaired) electrons. The molecule has 3 aromatic carbocycles. The maximum Gasteiger partial charge on any atom is 0.119 e. The first-order chi connectivity index (χ1) is 15.2. The fourth-order valence-electron chi connectivity index (χ4n) is 3.68. The lowest BCUT2D eigenvalue weighted by Crippen LogP contribution is -1.94. The van der Waals surface area contributed by atoms with Crippen LogP contribution in [0.3, 0.4) is 0 Å². The first-order valence-electron chi connectivity index (χ1n) is 10.3. The van der Waals surface area contributed by atoms with Crippen molar-refractivity contribution in [2.24, 2.45) is 7.05 Å². The summed E-state index contributed by atoms with van der Waals surface area (Å²) in [6.45, 7) is 4.00. The summed E-state index contributed by atoms with van der Waals surface area (Å²) < 4.78 is 10.5. The maximum absolute atomic E-state index is 9.98. The van der Waals surface area contributed by atoms with Gasteiger partial charge in [0.05, 0.1) is 18.4 Å². The van der Waals surface area contributed by atoms with Crippen LogP contribution in [0.25, 0.3) is 33.3 Å². The van der Waals surface area contributed by atoms with E-state index < -0.39 is 0 Å². The SMILES string of the molecule is CC.CNSc1ccc(-c2c(C#N)c3cc(-c4cccc(OC)c4)ccc3n2C)cc1. The third kappa shape index (κ3) is 4.46. The highest BCUT2D eigenvalue weighted by atomic mass is 32.2. The van der Waals surface area contributed by atoms with Gasteiger partial charge < -0.3 is 9.30 Å². The fraction of sp³-hybridized carbons (Fsp3) is 0.192. The lowest BCUT2D eigenvalue weighted by molar-refractivity contribution is 0.415. The Morgan fingerprint density at radius 2 is 1.61 bits per heavy atom. The molecule has 5 heteroatoms. The van der Waals surface area contributed by atoms with Crippen molar-refractivity contribution < 1.29 is 4.74 Å². The molecule has 1 N–H and O–H groups in total. The number of benzene rings is 3. The number of fused-ring (bicyclic) bond motifs is 1. The van der Waals surface area contributed by atoms with Gasteiger partial charge in [-0.1, -0.05) is 44.2 Å². The van der Waals surface area contributed by atoms with Gasteiger partial charge in [-0.2, -0.15) is 5.26 Å². The maximum atomic E-state index is 9.98. The van der Waals surface area contributed by atoms with E-state index in [9.17, 15) is 5.26 Å². The Kier molecular flexibility index (Phi) is 7.41. The number of ether oxygens (including phenoxy) is 1. The quantitative estimate of drug-likeness (QED) is 0.361. The minimum Gasteiger partial charge on any atom is -0.497 e. The van der Waals surface area contributed by atoms with Crippen molar-refractivity contribution in [1.29, 1.82) is 5.26 Å². The molecule has 4 nitrogen and oxygen atoms in total. The van der Waals surface area contributed by atoms with Crippen molar-refractivity contribution in [1.82, 2.24) is 9.29 Å². The second kappa shape index (κ2) is 10.2. The van der Waals surface area contributed by atoms with Crippen molar-refractivity contribution in [2.75, 3.05) is 14.2 Å². The van der Waals surface area contributed by atoms with Crippen molar-refractivity contribution in [3.8, 4) is 34.2 Å². The minimum absolute atomic E-state index is 0.696. The van der Waals surface area contributed by atoms with E-state index in [1.54, 1.807) is 19.1 Å². The molecule has 0 bridgehead atoms. The first kappa shape index (κ1) is 22.5. The normalized spacial score (nSPS) is 10.3. The van der Waals surface area contributed by atoms with Crippen molar-refractivity contribution in [3.05, 3.63) is 72.3 Å². The molecule has 0 aliphatic carbocycles. The number of rotatable bonds is 5. The van der Waals surface area contributed by atoms with Gasteiger partial charge in [0, 0.05) is 22.8 Å². The van der Waals surface area contributed by atoms with Crippen molar-refractivity contribution in [3.63, 3.8) is 0 Å². The topological polar surface area (TPSA) is 50.0 Å². The highest BCUT2D eigenvalue weighted by Gasteiger charge is 2.17. The zero-order chi connectivity index (χ0) is 22.4. The molecular formula is C26H27N3OS. The van der Waals surface area contributed by atoms with E-state index in [1.165, 1.54) is 0 Å². The molecular weight excluding hydrogens is 402 g/mol.